The summed E-state index contributed by atoms with van der Waals surface area (Å²) in [4.78, 5) is 0. The molecule has 4 heteroatoms. The molecule has 0 saturated carbocycles. The summed E-state index contributed by atoms with van der Waals surface area (Å²) in [5.74, 6) is -2.54. The number of hydrogen-bond acceptors (Lipinski definition) is 0. The van der Waals surface area contributed by atoms with E-state index < -0.39 is 17.5 Å². The molecule has 12 heavy (non-hydrogen) atoms. The lowest BCUT2D eigenvalue weighted by Crippen LogP contribution is -1.97. The predicted octanol–water partition coefficient (Wildman–Crippen LogP) is 3.04. The minimum Gasteiger partial charge on any atom is -0.207 e. The Kier molecular flexibility index (Phi) is 3.14. The fourth-order valence-corrected chi connectivity index (χ4v) is 1.30. The molecule has 0 unspecified atom stereocenters. The highest BCUT2D eigenvalue weighted by Crippen LogP contribution is 2.15. The van der Waals surface area contributed by atoms with Crippen LogP contribution in [0.5, 0.6) is 0 Å². The highest BCUT2D eigenvalue weighted by Gasteiger charge is 2.09. The van der Waals surface area contributed by atoms with Crippen molar-refractivity contribution < 1.29 is 13.2 Å². The maximum Gasteiger partial charge on any atom is 0.132 e. The Balaban J connectivity index is 3.10. The van der Waals surface area contributed by atoms with Crippen LogP contribution in [0, 0.1) is 17.5 Å². The van der Waals surface area contributed by atoms with E-state index in [-0.39, 0.29) is 12.0 Å². The van der Waals surface area contributed by atoms with Gasteiger partial charge in [-0.2, -0.15) is 0 Å². The third-order valence-electron chi connectivity index (χ3n) is 1.45. The third-order valence-corrected chi connectivity index (χ3v) is 1.85. The van der Waals surface area contributed by atoms with Crippen molar-refractivity contribution in [2.24, 2.45) is 0 Å². The normalized spacial score (nSPS) is 10.3. The van der Waals surface area contributed by atoms with Crippen molar-refractivity contribution in [2.45, 2.75) is 6.42 Å². The Morgan fingerprint density at radius 3 is 2.00 bits per heavy atom. The second-order valence-electron chi connectivity index (χ2n) is 2.29. The van der Waals surface area contributed by atoms with Crippen LogP contribution in [0.4, 0.5) is 13.2 Å². The predicted molar refractivity (Wildman–Crippen MR) is 43.8 cm³/mol. The summed E-state index contributed by atoms with van der Waals surface area (Å²) in [5.41, 5.74) is -0.0757. The Hall–Kier alpha value is -0.510. The summed E-state index contributed by atoms with van der Waals surface area (Å²) in [5, 5.41) is 0.451. The van der Waals surface area contributed by atoms with Crippen molar-refractivity contribution in [2.75, 3.05) is 5.33 Å². The van der Waals surface area contributed by atoms with Gasteiger partial charge in [-0.1, -0.05) is 15.9 Å². The molecule has 1 aromatic carbocycles. The van der Waals surface area contributed by atoms with Crippen LogP contribution in [0.3, 0.4) is 0 Å². The first-order valence-corrected chi connectivity index (χ1v) is 4.46. The highest BCUT2D eigenvalue weighted by atomic mass is 79.9. The van der Waals surface area contributed by atoms with E-state index in [1.54, 1.807) is 0 Å². The average Bonchev–Trinajstić information content (AvgIpc) is 1.96. The smallest absolute Gasteiger partial charge is 0.132 e. The Labute approximate surface area is 76.5 Å². The SMILES string of the molecule is Fc1cc(F)c(CCBr)c(F)c1. The van der Waals surface area contributed by atoms with Crippen LogP contribution in [0.1, 0.15) is 5.56 Å². The van der Waals surface area contributed by atoms with Crippen LogP contribution >= 0.6 is 15.9 Å². The molecular formula is C8H6BrF3. The second kappa shape index (κ2) is 3.94. The zero-order valence-electron chi connectivity index (χ0n) is 6.08. The van der Waals surface area contributed by atoms with Gasteiger partial charge in [0, 0.05) is 23.0 Å². The van der Waals surface area contributed by atoms with Gasteiger partial charge in [-0.3, -0.25) is 0 Å². The monoisotopic (exact) mass is 238 g/mol. The molecule has 0 fully saturated rings. The Bertz CT molecular complexity index is 263. The molecule has 1 rings (SSSR count). The van der Waals surface area contributed by atoms with Crippen LogP contribution < -0.4 is 0 Å². The summed E-state index contributed by atoms with van der Waals surface area (Å²) < 4.78 is 38.0. The van der Waals surface area contributed by atoms with Crippen molar-refractivity contribution in [1.29, 1.82) is 0 Å². The molecule has 0 aliphatic heterocycles. The Morgan fingerprint density at radius 1 is 1.08 bits per heavy atom. The molecule has 0 aliphatic carbocycles. The van der Waals surface area contributed by atoms with E-state index in [9.17, 15) is 13.2 Å². The molecular weight excluding hydrogens is 233 g/mol. The van der Waals surface area contributed by atoms with Gasteiger partial charge in [0.2, 0.25) is 0 Å². The number of halogens is 4. The van der Waals surface area contributed by atoms with Crippen LogP contribution in [0.25, 0.3) is 0 Å². The fraction of sp³-hybridized carbons (Fsp3) is 0.250. The van der Waals surface area contributed by atoms with E-state index >= 15 is 0 Å². The van der Waals surface area contributed by atoms with Gasteiger partial charge in [-0.15, -0.1) is 0 Å². The van der Waals surface area contributed by atoms with Crippen LogP contribution in [-0.4, -0.2) is 5.33 Å². The lowest BCUT2D eigenvalue weighted by atomic mass is 10.1. The van der Waals surface area contributed by atoms with Gasteiger partial charge in [0.15, 0.2) is 0 Å². The zero-order chi connectivity index (χ0) is 9.14. The average molecular weight is 239 g/mol. The van der Waals surface area contributed by atoms with Gasteiger partial charge in [0.05, 0.1) is 0 Å². The lowest BCUT2D eigenvalue weighted by Gasteiger charge is -2.01. The maximum atomic E-state index is 12.8. The number of rotatable bonds is 2. The topological polar surface area (TPSA) is 0 Å². The van der Waals surface area contributed by atoms with Gasteiger partial charge in [-0.25, -0.2) is 13.2 Å². The van der Waals surface area contributed by atoms with E-state index in [2.05, 4.69) is 15.9 Å². The molecule has 0 N–H and O–H groups in total. The minimum atomic E-state index is -0.886. The first-order chi connectivity index (χ1) is 5.65. The summed E-state index contributed by atoms with van der Waals surface area (Å²) in [6.07, 6.45) is 0.220. The molecule has 0 radical (unpaired) electrons. The number of benzene rings is 1. The van der Waals surface area contributed by atoms with E-state index in [0.29, 0.717) is 17.5 Å². The molecule has 0 aromatic heterocycles. The van der Waals surface area contributed by atoms with Gasteiger partial charge >= 0.3 is 0 Å². The van der Waals surface area contributed by atoms with E-state index in [1.807, 2.05) is 0 Å². The fourth-order valence-electron chi connectivity index (χ4n) is 0.905. The van der Waals surface area contributed by atoms with Crippen molar-refractivity contribution in [1.82, 2.24) is 0 Å². The lowest BCUT2D eigenvalue weighted by molar-refractivity contribution is 0.526. The van der Waals surface area contributed by atoms with Gasteiger partial charge in [-0.05, 0) is 6.42 Å². The highest BCUT2D eigenvalue weighted by molar-refractivity contribution is 9.09. The van der Waals surface area contributed by atoms with E-state index in [4.69, 9.17) is 0 Å². The summed E-state index contributed by atoms with van der Waals surface area (Å²) in [7, 11) is 0. The summed E-state index contributed by atoms with van der Waals surface area (Å²) in [6.45, 7) is 0. The van der Waals surface area contributed by atoms with Crippen molar-refractivity contribution >= 4 is 15.9 Å². The molecule has 0 amide bonds. The van der Waals surface area contributed by atoms with Crippen molar-refractivity contribution in [3.05, 3.63) is 35.1 Å². The van der Waals surface area contributed by atoms with Gasteiger partial charge in [0.25, 0.3) is 0 Å². The van der Waals surface area contributed by atoms with Crippen molar-refractivity contribution in [3.8, 4) is 0 Å². The molecule has 1 aromatic rings. The molecule has 0 heterocycles. The zero-order valence-corrected chi connectivity index (χ0v) is 7.67. The minimum absolute atomic E-state index is 0.0757. The third kappa shape index (κ3) is 2.00. The van der Waals surface area contributed by atoms with E-state index in [1.165, 1.54) is 0 Å². The van der Waals surface area contributed by atoms with Crippen LogP contribution in [-0.2, 0) is 6.42 Å². The summed E-state index contributed by atoms with van der Waals surface area (Å²) in [6, 6.07) is 1.36. The molecule has 0 bridgehead atoms. The van der Waals surface area contributed by atoms with Crippen LogP contribution in [0.2, 0.25) is 0 Å². The van der Waals surface area contributed by atoms with Gasteiger partial charge in [0.1, 0.15) is 17.5 Å². The molecule has 0 spiro atoms. The van der Waals surface area contributed by atoms with Crippen molar-refractivity contribution in [3.63, 3.8) is 0 Å². The molecule has 0 saturated heterocycles. The molecule has 0 aliphatic rings. The molecule has 0 nitrogen and oxygen atoms in total. The summed E-state index contributed by atoms with van der Waals surface area (Å²) >= 11 is 3.05. The first kappa shape index (κ1) is 9.58. The van der Waals surface area contributed by atoms with Gasteiger partial charge < -0.3 is 0 Å². The van der Waals surface area contributed by atoms with Crippen LogP contribution in [0.15, 0.2) is 12.1 Å². The molecule has 0 atom stereocenters. The maximum absolute atomic E-state index is 12.8. The second-order valence-corrected chi connectivity index (χ2v) is 3.08. The Morgan fingerprint density at radius 2 is 1.58 bits per heavy atom. The number of alkyl halides is 1. The largest absolute Gasteiger partial charge is 0.207 e. The number of hydrogen-bond donors (Lipinski definition) is 0. The standard InChI is InChI=1S/C8H6BrF3/c9-2-1-6-7(11)3-5(10)4-8(6)12/h3-4H,1-2H2. The quantitative estimate of drug-likeness (QED) is 0.696. The van der Waals surface area contributed by atoms with E-state index in [0.717, 1.165) is 0 Å². The molecule has 66 valence electrons. The first-order valence-electron chi connectivity index (χ1n) is 3.34.